The van der Waals surface area contributed by atoms with E-state index >= 15 is 0 Å². The third kappa shape index (κ3) is 2.46. The highest BCUT2D eigenvalue weighted by Gasteiger charge is 2.53. The van der Waals surface area contributed by atoms with Crippen molar-refractivity contribution in [2.45, 2.75) is 5.60 Å². The minimum absolute atomic E-state index is 0.207. The quantitative estimate of drug-likeness (QED) is 0.349. The van der Waals surface area contributed by atoms with Crippen LogP contribution in [0.4, 0.5) is 0 Å². The molecule has 0 radical (unpaired) electrons. The van der Waals surface area contributed by atoms with Gasteiger partial charge in [0.1, 0.15) is 11.5 Å². The molecule has 0 aromatic heterocycles. The number of benzene rings is 3. The van der Waals surface area contributed by atoms with Crippen molar-refractivity contribution >= 4 is 31.1 Å². The highest BCUT2D eigenvalue weighted by Crippen LogP contribution is 2.55. The predicted octanol–water partition coefficient (Wildman–Crippen LogP) is -0.386. The Bertz CT molecular complexity index is 1100. The second kappa shape index (κ2) is 6.20. The second-order valence-electron chi connectivity index (χ2n) is 6.98. The molecule has 29 heavy (non-hydrogen) atoms. The van der Waals surface area contributed by atoms with Crippen LogP contribution in [0.2, 0.25) is 0 Å². The number of esters is 1. The number of ether oxygens (including phenoxy) is 2. The third-order valence-corrected chi connectivity index (χ3v) is 5.36. The van der Waals surface area contributed by atoms with E-state index in [1.165, 1.54) is 24.3 Å². The molecule has 2 aliphatic rings. The maximum Gasteiger partial charge on any atom is 0.488 e. The lowest BCUT2D eigenvalue weighted by Crippen LogP contribution is -2.37. The molecule has 7 nitrogen and oxygen atoms in total. The van der Waals surface area contributed by atoms with Gasteiger partial charge in [0.25, 0.3) is 0 Å². The van der Waals surface area contributed by atoms with Crippen molar-refractivity contribution in [3.8, 4) is 11.5 Å². The molecule has 3 aromatic rings. The third-order valence-electron chi connectivity index (χ3n) is 5.36. The van der Waals surface area contributed by atoms with Crippen molar-refractivity contribution in [1.82, 2.24) is 0 Å². The van der Waals surface area contributed by atoms with Gasteiger partial charge in [0.05, 0.1) is 5.56 Å². The number of fused-ring (bicyclic) bond motifs is 6. The van der Waals surface area contributed by atoms with Crippen molar-refractivity contribution in [2.75, 3.05) is 0 Å². The molecule has 5 rings (SSSR count). The van der Waals surface area contributed by atoms with Crippen LogP contribution in [-0.4, -0.2) is 40.3 Å². The van der Waals surface area contributed by atoms with Crippen LogP contribution in [0.25, 0.3) is 0 Å². The van der Waals surface area contributed by atoms with E-state index in [4.69, 9.17) is 9.47 Å². The van der Waals surface area contributed by atoms with E-state index in [1.807, 2.05) is 0 Å². The maximum atomic E-state index is 12.7. The average molecular weight is 388 g/mol. The van der Waals surface area contributed by atoms with Crippen molar-refractivity contribution in [1.29, 1.82) is 0 Å². The molecular weight excluding hydrogens is 374 g/mol. The first-order chi connectivity index (χ1) is 13.9. The number of carbonyl (C=O) groups excluding carboxylic acids is 1. The maximum absolute atomic E-state index is 12.7. The van der Waals surface area contributed by atoms with E-state index in [0.717, 1.165) is 0 Å². The number of rotatable bonds is 2. The van der Waals surface area contributed by atoms with Gasteiger partial charge in [0.15, 0.2) is 5.60 Å². The van der Waals surface area contributed by atoms with Crippen LogP contribution in [-0.2, 0) is 10.3 Å². The molecule has 2 heterocycles. The first-order valence-corrected chi connectivity index (χ1v) is 8.93. The lowest BCUT2D eigenvalue weighted by Gasteiger charge is -2.37. The Kier molecular flexibility index (Phi) is 3.84. The van der Waals surface area contributed by atoms with Gasteiger partial charge < -0.3 is 29.6 Å². The Morgan fingerprint density at radius 2 is 1.28 bits per heavy atom. The Labute approximate surface area is 166 Å². The number of carbonyl (C=O) groups is 1. The molecule has 0 amide bonds. The minimum Gasteiger partial charge on any atom is -0.456 e. The molecule has 0 atom stereocenters. The predicted molar refractivity (Wildman–Crippen MR) is 104 cm³/mol. The zero-order valence-corrected chi connectivity index (χ0v) is 14.9. The summed E-state index contributed by atoms with van der Waals surface area (Å²) < 4.78 is 11.9. The fourth-order valence-electron chi connectivity index (χ4n) is 4.03. The van der Waals surface area contributed by atoms with Gasteiger partial charge in [-0.2, -0.15) is 0 Å². The summed E-state index contributed by atoms with van der Waals surface area (Å²) in [5.74, 6) is 0.0614. The average Bonchev–Trinajstić information content (AvgIpc) is 3.01. The Morgan fingerprint density at radius 1 is 0.724 bits per heavy atom. The zero-order chi connectivity index (χ0) is 20.3. The van der Waals surface area contributed by atoms with E-state index in [1.54, 1.807) is 36.4 Å². The normalized spacial score (nSPS) is 15.1. The molecule has 0 saturated heterocycles. The lowest BCUT2D eigenvalue weighted by molar-refractivity contribution is 0.0224. The first kappa shape index (κ1) is 18.0. The Balaban J connectivity index is 1.83. The fourth-order valence-corrected chi connectivity index (χ4v) is 4.03. The molecule has 0 unspecified atom stereocenters. The van der Waals surface area contributed by atoms with Crippen molar-refractivity contribution < 1.29 is 34.4 Å². The molecule has 142 valence electrons. The molecule has 4 N–H and O–H groups in total. The summed E-state index contributed by atoms with van der Waals surface area (Å²) in [6.45, 7) is 0. The standard InChI is InChI=1S/C20H14B2O7/c23-19-13-3-1-2-4-14(13)20(29-19)15-7-5-11(21(24)25)9-17(15)28-18-10-12(22(26)27)6-8-16(18)20/h1-10,24-27H. The summed E-state index contributed by atoms with van der Waals surface area (Å²) in [4.78, 5) is 12.7. The molecule has 0 saturated carbocycles. The van der Waals surface area contributed by atoms with Gasteiger partial charge >= 0.3 is 20.2 Å². The summed E-state index contributed by atoms with van der Waals surface area (Å²) >= 11 is 0. The van der Waals surface area contributed by atoms with Crippen LogP contribution in [0.15, 0.2) is 60.7 Å². The summed E-state index contributed by atoms with van der Waals surface area (Å²) in [6, 6.07) is 16.3. The van der Waals surface area contributed by atoms with Crippen LogP contribution in [0, 0.1) is 0 Å². The molecule has 0 aliphatic carbocycles. The molecular formula is C20H14B2O7. The van der Waals surface area contributed by atoms with E-state index in [9.17, 15) is 24.9 Å². The van der Waals surface area contributed by atoms with Crippen molar-refractivity contribution in [2.24, 2.45) is 0 Å². The van der Waals surface area contributed by atoms with Crippen LogP contribution >= 0.6 is 0 Å². The second-order valence-corrected chi connectivity index (χ2v) is 6.98. The molecule has 0 bridgehead atoms. The summed E-state index contributed by atoms with van der Waals surface area (Å²) in [7, 11) is -3.41. The van der Waals surface area contributed by atoms with Crippen LogP contribution in [0.1, 0.15) is 27.0 Å². The summed E-state index contributed by atoms with van der Waals surface area (Å²) in [5.41, 5.74) is 1.23. The smallest absolute Gasteiger partial charge is 0.456 e. The number of hydrogen-bond acceptors (Lipinski definition) is 7. The van der Waals surface area contributed by atoms with Crippen LogP contribution < -0.4 is 15.7 Å². The highest BCUT2D eigenvalue weighted by molar-refractivity contribution is 6.59. The van der Waals surface area contributed by atoms with Crippen molar-refractivity contribution in [3.05, 3.63) is 82.9 Å². The van der Waals surface area contributed by atoms with Gasteiger partial charge in [-0.15, -0.1) is 0 Å². The van der Waals surface area contributed by atoms with Crippen molar-refractivity contribution in [3.63, 3.8) is 0 Å². The molecule has 0 fully saturated rings. The number of hydrogen-bond donors (Lipinski definition) is 4. The van der Waals surface area contributed by atoms with E-state index in [2.05, 4.69) is 0 Å². The monoisotopic (exact) mass is 388 g/mol. The Morgan fingerprint density at radius 3 is 1.83 bits per heavy atom. The van der Waals surface area contributed by atoms with Gasteiger partial charge in [-0.3, -0.25) is 0 Å². The molecule has 9 heteroatoms. The van der Waals surface area contributed by atoms with E-state index < -0.39 is 25.8 Å². The van der Waals surface area contributed by atoms with E-state index in [-0.39, 0.29) is 22.4 Å². The first-order valence-electron chi connectivity index (χ1n) is 8.93. The summed E-state index contributed by atoms with van der Waals surface area (Å²) in [5, 5.41) is 38.2. The van der Waals surface area contributed by atoms with Crippen LogP contribution in [0.5, 0.6) is 11.5 Å². The zero-order valence-electron chi connectivity index (χ0n) is 14.9. The SMILES string of the molecule is O=C1OC2(c3ccc(B(O)O)cc3Oc3cc(B(O)O)ccc32)c2ccccc21. The van der Waals surface area contributed by atoms with Gasteiger partial charge in [0, 0.05) is 16.7 Å². The van der Waals surface area contributed by atoms with Gasteiger partial charge in [-0.1, -0.05) is 42.5 Å². The van der Waals surface area contributed by atoms with E-state index in [0.29, 0.717) is 22.3 Å². The van der Waals surface area contributed by atoms with Gasteiger partial charge in [-0.25, -0.2) is 4.79 Å². The lowest BCUT2D eigenvalue weighted by atomic mass is 9.72. The minimum atomic E-state index is -1.70. The Hall–Kier alpha value is -3.10. The topological polar surface area (TPSA) is 116 Å². The molecule has 2 aliphatic heterocycles. The summed E-state index contributed by atoms with van der Waals surface area (Å²) in [6.07, 6.45) is 0. The largest absolute Gasteiger partial charge is 0.488 e. The highest BCUT2D eigenvalue weighted by atomic mass is 16.6. The van der Waals surface area contributed by atoms with Crippen LogP contribution in [0.3, 0.4) is 0 Å². The molecule has 1 spiro atoms. The fraction of sp³-hybridized carbons (Fsp3) is 0.0500. The van der Waals surface area contributed by atoms with Gasteiger partial charge in [0.2, 0.25) is 0 Å². The molecule has 3 aromatic carbocycles. The van der Waals surface area contributed by atoms with Gasteiger partial charge in [-0.05, 0) is 29.1 Å².